The van der Waals surface area contributed by atoms with Gasteiger partial charge in [0, 0.05) is 10.0 Å². The van der Waals surface area contributed by atoms with Crippen molar-refractivity contribution in [3.8, 4) is 0 Å². The molecule has 3 aromatic carbocycles. The number of halogens is 1. The average molecular weight is 449 g/mol. The molecule has 0 fully saturated rings. The van der Waals surface area contributed by atoms with Crippen LogP contribution in [0.15, 0.2) is 94.5 Å². The Bertz CT molecular complexity index is 1030. The van der Waals surface area contributed by atoms with Gasteiger partial charge < -0.3 is 0 Å². The zero-order valence-electron chi connectivity index (χ0n) is 15.3. The summed E-state index contributed by atoms with van der Waals surface area (Å²) in [5, 5.41) is 3.83. The van der Waals surface area contributed by atoms with Crippen molar-refractivity contribution in [2.45, 2.75) is 5.92 Å². The van der Waals surface area contributed by atoms with Crippen LogP contribution in [0, 0.1) is 0 Å². The third-order valence-electron chi connectivity index (χ3n) is 4.19. The molecule has 0 aromatic heterocycles. The van der Waals surface area contributed by atoms with Gasteiger partial charge in [-0.15, -0.1) is 0 Å². The average Bonchev–Trinajstić information content (AvgIpc) is 2.76. The molecule has 6 heteroatoms. The van der Waals surface area contributed by atoms with E-state index in [0.717, 1.165) is 10.0 Å². The quantitative estimate of drug-likeness (QED) is 0.194. The highest BCUT2D eigenvalue weighted by atomic mass is 79.9. The van der Waals surface area contributed by atoms with Crippen LogP contribution < -0.4 is 5.43 Å². The lowest BCUT2D eigenvalue weighted by Crippen LogP contribution is -2.35. The van der Waals surface area contributed by atoms with Crippen LogP contribution in [0.1, 0.15) is 27.4 Å². The van der Waals surface area contributed by atoms with Crippen molar-refractivity contribution in [2.75, 3.05) is 0 Å². The summed E-state index contributed by atoms with van der Waals surface area (Å²) in [6.07, 6.45) is 1.42. The topological polar surface area (TPSA) is 75.6 Å². The highest BCUT2D eigenvalue weighted by Gasteiger charge is 2.33. The number of nitrogens with zero attached hydrogens (tertiary/aromatic N) is 1. The van der Waals surface area contributed by atoms with Crippen LogP contribution in [0.2, 0.25) is 0 Å². The van der Waals surface area contributed by atoms with Gasteiger partial charge in [-0.25, -0.2) is 5.43 Å². The molecule has 0 heterocycles. The Morgan fingerprint density at radius 1 is 0.828 bits per heavy atom. The number of carbonyl (C=O) groups excluding carboxylic acids is 3. The van der Waals surface area contributed by atoms with E-state index in [4.69, 9.17) is 0 Å². The van der Waals surface area contributed by atoms with Gasteiger partial charge in [-0.2, -0.15) is 5.10 Å². The third-order valence-corrected chi connectivity index (χ3v) is 4.72. The molecule has 0 aliphatic rings. The molecule has 1 N–H and O–H groups in total. The smallest absolute Gasteiger partial charge is 0.293 e. The second kappa shape index (κ2) is 9.71. The summed E-state index contributed by atoms with van der Waals surface area (Å²) in [7, 11) is 0. The number of Topliss-reactive ketones (excluding diaryl/α,β-unsaturated/α-hetero) is 2. The highest BCUT2D eigenvalue weighted by molar-refractivity contribution is 9.10. The fourth-order valence-electron chi connectivity index (χ4n) is 2.74. The molecule has 3 rings (SSSR count). The Morgan fingerprint density at radius 2 is 1.41 bits per heavy atom. The van der Waals surface area contributed by atoms with E-state index in [1.165, 1.54) is 6.21 Å². The molecule has 0 saturated heterocycles. The van der Waals surface area contributed by atoms with Crippen LogP contribution >= 0.6 is 15.9 Å². The van der Waals surface area contributed by atoms with Gasteiger partial charge >= 0.3 is 5.91 Å². The Kier molecular flexibility index (Phi) is 6.81. The van der Waals surface area contributed by atoms with Crippen molar-refractivity contribution in [3.05, 3.63) is 106 Å². The van der Waals surface area contributed by atoms with E-state index in [-0.39, 0.29) is 0 Å². The van der Waals surface area contributed by atoms with E-state index < -0.39 is 23.4 Å². The summed E-state index contributed by atoms with van der Waals surface area (Å²) >= 11 is 3.34. The van der Waals surface area contributed by atoms with Crippen LogP contribution in [0.4, 0.5) is 0 Å². The summed E-state index contributed by atoms with van der Waals surface area (Å²) in [6, 6.07) is 24.2. The zero-order chi connectivity index (χ0) is 20.6. The summed E-state index contributed by atoms with van der Waals surface area (Å²) in [5.41, 5.74) is 3.79. The van der Waals surface area contributed by atoms with Gasteiger partial charge in [-0.05, 0) is 23.3 Å². The number of hydrogen-bond acceptors (Lipinski definition) is 4. The SMILES string of the molecule is O=C(NN=Cc1ccc(Br)cc1)C(=O)C(C(=O)c1ccccc1)c1ccccc1. The number of hydrogen-bond donors (Lipinski definition) is 1. The minimum atomic E-state index is -1.23. The molecule has 0 aliphatic carbocycles. The molecular weight excluding hydrogens is 432 g/mol. The lowest BCUT2D eigenvalue weighted by atomic mass is 9.87. The van der Waals surface area contributed by atoms with Crippen LogP contribution in [0.5, 0.6) is 0 Å². The van der Waals surface area contributed by atoms with Crippen LogP contribution in [0.25, 0.3) is 0 Å². The second-order valence-corrected chi connectivity index (χ2v) is 7.10. The Balaban J connectivity index is 1.79. The summed E-state index contributed by atoms with van der Waals surface area (Å²) in [5.74, 6) is -3.48. The highest BCUT2D eigenvalue weighted by Crippen LogP contribution is 2.22. The van der Waals surface area contributed by atoms with Crippen molar-refractivity contribution in [1.82, 2.24) is 5.43 Å². The first kappa shape index (κ1) is 20.4. The molecule has 1 atom stereocenters. The van der Waals surface area contributed by atoms with E-state index in [1.54, 1.807) is 72.8 Å². The number of nitrogens with one attached hydrogen (secondary N) is 1. The maximum absolute atomic E-state index is 13.0. The minimum absolute atomic E-state index is 0.362. The number of ketones is 2. The molecule has 5 nitrogen and oxygen atoms in total. The Hall–Kier alpha value is -3.38. The molecule has 144 valence electrons. The number of amides is 1. The predicted octanol–water partition coefficient (Wildman–Crippen LogP) is 4.14. The molecule has 0 bridgehead atoms. The molecular formula is C23H17BrN2O3. The lowest BCUT2D eigenvalue weighted by molar-refractivity contribution is -0.138. The maximum Gasteiger partial charge on any atom is 0.308 e. The predicted molar refractivity (Wildman–Crippen MR) is 115 cm³/mol. The molecule has 0 spiro atoms. The van der Waals surface area contributed by atoms with Gasteiger partial charge in [0.05, 0.1) is 6.21 Å². The van der Waals surface area contributed by atoms with Gasteiger partial charge in [0.15, 0.2) is 5.78 Å². The Morgan fingerprint density at radius 3 is 2.03 bits per heavy atom. The normalized spacial score (nSPS) is 11.8. The standard InChI is InChI=1S/C23H17BrN2O3/c24-19-13-11-16(12-14-19)15-25-26-23(29)22(28)20(17-7-3-1-4-8-17)21(27)18-9-5-2-6-10-18/h1-15,20H,(H,26,29). The Labute approximate surface area is 176 Å². The van der Waals surface area contributed by atoms with E-state index in [1.807, 2.05) is 12.1 Å². The van der Waals surface area contributed by atoms with Crippen molar-refractivity contribution in [1.29, 1.82) is 0 Å². The molecule has 1 unspecified atom stereocenters. The lowest BCUT2D eigenvalue weighted by Gasteiger charge is -2.14. The molecule has 0 saturated carbocycles. The fraction of sp³-hybridized carbons (Fsp3) is 0.0435. The zero-order valence-corrected chi connectivity index (χ0v) is 16.9. The number of carbonyl (C=O) groups is 3. The van der Waals surface area contributed by atoms with Crippen LogP contribution in [-0.4, -0.2) is 23.7 Å². The number of hydrazone groups is 1. The summed E-state index contributed by atoms with van der Waals surface area (Å²) in [4.78, 5) is 38.2. The van der Waals surface area contributed by atoms with Gasteiger partial charge in [0.1, 0.15) is 5.92 Å². The second-order valence-electron chi connectivity index (χ2n) is 6.19. The summed E-state index contributed by atoms with van der Waals surface area (Å²) < 4.78 is 0.916. The van der Waals surface area contributed by atoms with Gasteiger partial charge in [-0.1, -0.05) is 88.7 Å². The van der Waals surface area contributed by atoms with Crippen molar-refractivity contribution < 1.29 is 14.4 Å². The monoisotopic (exact) mass is 448 g/mol. The van der Waals surface area contributed by atoms with Crippen molar-refractivity contribution in [3.63, 3.8) is 0 Å². The third kappa shape index (κ3) is 5.33. The number of benzene rings is 3. The fourth-order valence-corrected chi connectivity index (χ4v) is 3.00. The van der Waals surface area contributed by atoms with Gasteiger partial charge in [-0.3, -0.25) is 14.4 Å². The van der Waals surface area contributed by atoms with Crippen LogP contribution in [-0.2, 0) is 9.59 Å². The van der Waals surface area contributed by atoms with E-state index in [9.17, 15) is 14.4 Å². The first-order valence-electron chi connectivity index (χ1n) is 8.83. The minimum Gasteiger partial charge on any atom is -0.293 e. The van der Waals surface area contributed by atoms with Gasteiger partial charge in [0.2, 0.25) is 5.78 Å². The molecule has 0 aliphatic heterocycles. The summed E-state index contributed by atoms with van der Waals surface area (Å²) in [6.45, 7) is 0. The van der Waals surface area contributed by atoms with E-state index in [0.29, 0.717) is 11.1 Å². The maximum atomic E-state index is 13.0. The van der Waals surface area contributed by atoms with Crippen molar-refractivity contribution >= 4 is 39.6 Å². The molecule has 0 radical (unpaired) electrons. The number of rotatable bonds is 7. The molecule has 3 aromatic rings. The van der Waals surface area contributed by atoms with E-state index >= 15 is 0 Å². The first-order valence-corrected chi connectivity index (χ1v) is 9.62. The largest absolute Gasteiger partial charge is 0.308 e. The molecule has 29 heavy (non-hydrogen) atoms. The molecule has 1 amide bonds. The van der Waals surface area contributed by atoms with Crippen molar-refractivity contribution in [2.24, 2.45) is 5.10 Å². The van der Waals surface area contributed by atoms with Gasteiger partial charge in [0.25, 0.3) is 0 Å². The van der Waals surface area contributed by atoms with Crippen LogP contribution in [0.3, 0.4) is 0 Å². The van der Waals surface area contributed by atoms with E-state index in [2.05, 4.69) is 26.5 Å². The first-order chi connectivity index (χ1) is 14.1.